The lowest BCUT2D eigenvalue weighted by Gasteiger charge is -2.51. The van der Waals surface area contributed by atoms with Crippen LogP contribution in [-0.4, -0.2) is 51.6 Å². The zero-order chi connectivity index (χ0) is 24.7. The van der Waals surface area contributed by atoms with Crippen molar-refractivity contribution in [2.75, 3.05) is 13.1 Å². The highest BCUT2D eigenvalue weighted by Gasteiger charge is 2.65. The first kappa shape index (κ1) is 23.4. The van der Waals surface area contributed by atoms with Gasteiger partial charge in [-0.25, -0.2) is 35.7 Å². The average Bonchev–Trinajstić information content (AvgIpc) is 3.14. The van der Waals surface area contributed by atoms with Gasteiger partial charge in [-0.1, -0.05) is 6.07 Å². The highest BCUT2D eigenvalue weighted by atomic mass is 19.3. The van der Waals surface area contributed by atoms with Crippen LogP contribution in [0, 0.1) is 11.7 Å². The summed E-state index contributed by atoms with van der Waals surface area (Å²) in [5.74, 6) is -11.2. The van der Waals surface area contributed by atoms with Gasteiger partial charge in [0.25, 0.3) is 11.8 Å². The Bertz CT molecular complexity index is 1120. The Labute approximate surface area is 189 Å². The number of benzene rings is 1. The van der Waals surface area contributed by atoms with Crippen LogP contribution in [0.3, 0.4) is 0 Å². The van der Waals surface area contributed by atoms with Crippen LogP contribution >= 0.6 is 0 Å². The minimum absolute atomic E-state index is 0.169. The number of carbonyl (C=O) groups is 1. The molecule has 5 nitrogen and oxygen atoms in total. The molecule has 2 saturated carbocycles. The van der Waals surface area contributed by atoms with Crippen molar-refractivity contribution in [3.63, 3.8) is 0 Å². The fourth-order valence-electron chi connectivity index (χ4n) is 5.48. The van der Waals surface area contributed by atoms with Gasteiger partial charge in [-0.3, -0.25) is 4.79 Å². The van der Waals surface area contributed by atoms with E-state index in [2.05, 4.69) is 9.97 Å². The highest BCUT2D eigenvalue weighted by molar-refractivity contribution is 5.92. The standard InChI is InChI=1S/C22H23F7N4O/c23-14-12(19(7-21(26,27)8-19)18(34)33-9-22(28,29)10-33)1-2-13-16(14)32-17(31-13)15(30)11-3-5-20(24,25)6-4-11/h1-2,11,15H,3-10,30H2,(H,31,32). The molecule has 3 N–H and O–H groups in total. The summed E-state index contributed by atoms with van der Waals surface area (Å²) in [7, 11) is 0. The molecule has 1 atom stereocenters. The number of amides is 1. The number of aromatic nitrogens is 2. The topological polar surface area (TPSA) is 75.0 Å². The monoisotopic (exact) mass is 492 g/mol. The van der Waals surface area contributed by atoms with Gasteiger partial charge in [0.05, 0.1) is 30.1 Å². The molecule has 1 saturated heterocycles. The normalized spacial score (nSPS) is 26.1. The minimum Gasteiger partial charge on any atom is -0.341 e. The molecule has 0 bridgehead atoms. The predicted molar refractivity (Wildman–Crippen MR) is 107 cm³/mol. The lowest BCUT2D eigenvalue weighted by Crippen LogP contribution is -2.67. The number of rotatable bonds is 4. The molecular formula is C22H23F7N4O. The molecule has 1 aromatic carbocycles. The Morgan fingerprint density at radius 3 is 2.21 bits per heavy atom. The van der Waals surface area contributed by atoms with Crippen LogP contribution in [-0.2, 0) is 10.2 Å². The third kappa shape index (κ3) is 3.74. The molecule has 2 aliphatic carbocycles. The Morgan fingerprint density at radius 1 is 1.03 bits per heavy atom. The number of nitrogens with two attached hydrogens (primary N) is 1. The number of nitrogens with one attached hydrogen (secondary N) is 1. The number of imidazole rings is 1. The van der Waals surface area contributed by atoms with Crippen molar-refractivity contribution in [3.8, 4) is 0 Å². The van der Waals surface area contributed by atoms with E-state index in [4.69, 9.17) is 5.73 Å². The van der Waals surface area contributed by atoms with Crippen LogP contribution in [0.25, 0.3) is 11.0 Å². The van der Waals surface area contributed by atoms with E-state index in [0.717, 1.165) is 4.90 Å². The van der Waals surface area contributed by atoms with Gasteiger partial charge in [0.15, 0.2) is 5.82 Å². The first-order valence-electron chi connectivity index (χ1n) is 11.1. The third-order valence-corrected chi connectivity index (χ3v) is 7.37. The van der Waals surface area contributed by atoms with E-state index in [1.807, 2.05) is 0 Å². The van der Waals surface area contributed by atoms with Gasteiger partial charge >= 0.3 is 0 Å². The molecule has 2 aromatic rings. The number of aromatic amines is 1. The summed E-state index contributed by atoms with van der Waals surface area (Å²) in [5.41, 5.74) is 3.91. The number of H-pyrrole nitrogens is 1. The van der Waals surface area contributed by atoms with Gasteiger partial charge in [-0.05, 0) is 24.8 Å². The summed E-state index contributed by atoms with van der Waals surface area (Å²) in [6.45, 7) is -1.80. The molecule has 2 heterocycles. The molecule has 12 heteroatoms. The summed E-state index contributed by atoms with van der Waals surface area (Å²) in [5, 5.41) is 0. The first-order valence-corrected chi connectivity index (χ1v) is 11.1. The molecule has 186 valence electrons. The van der Waals surface area contributed by atoms with Crippen molar-refractivity contribution in [3.05, 3.63) is 29.3 Å². The maximum Gasteiger partial charge on any atom is 0.282 e. The SMILES string of the molecule is NC(c1nc2c(F)c(C3(C(=O)N4CC(F)(F)C4)CC(F)(F)C3)ccc2[nH]1)C1CCC(F)(F)CC1. The van der Waals surface area contributed by atoms with E-state index in [9.17, 15) is 31.1 Å². The molecule has 1 amide bonds. The minimum atomic E-state index is -3.23. The molecule has 1 aliphatic heterocycles. The maximum absolute atomic E-state index is 15.6. The lowest BCUT2D eigenvalue weighted by molar-refractivity contribution is -0.192. The zero-order valence-electron chi connectivity index (χ0n) is 18.0. The number of hydrogen-bond donors (Lipinski definition) is 2. The largest absolute Gasteiger partial charge is 0.341 e. The number of nitrogens with zero attached hydrogens (tertiary/aromatic N) is 2. The van der Waals surface area contributed by atoms with Gasteiger partial charge in [-0.15, -0.1) is 0 Å². The molecule has 34 heavy (non-hydrogen) atoms. The predicted octanol–water partition coefficient (Wildman–Crippen LogP) is 4.67. The second kappa shape index (κ2) is 7.32. The summed E-state index contributed by atoms with van der Waals surface area (Å²) in [6.07, 6.45) is -2.25. The van der Waals surface area contributed by atoms with Gasteiger partial charge in [-0.2, -0.15) is 0 Å². The summed E-state index contributed by atoms with van der Waals surface area (Å²) >= 11 is 0. The van der Waals surface area contributed by atoms with Crippen molar-refractivity contribution < 1.29 is 35.5 Å². The molecule has 0 radical (unpaired) electrons. The molecule has 1 unspecified atom stereocenters. The molecule has 3 aliphatic rings. The number of alkyl halides is 6. The fraction of sp³-hybridized carbons (Fsp3) is 0.636. The number of hydrogen-bond acceptors (Lipinski definition) is 3. The zero-order valence-corrected chi connectivity index (χ0v) is 18.0. The molecule has 3 fully saturated rings. The fourth-order valence-corrected chi connectivity index (χ4v) is 5.48. The van der Waals surface area contributed by atoms with E-state index >= 15 is 4.39 Å². The van der Waals surface area contributed by atoms with E-state index in [1.165, 1.54) is 12.1 Å². The smallest absolute Gasteiger partial charge is 0.282 e. The van der Waals surface area contributed by atoms with Crippen LogP contribution in [0.1, 0.15) is 56.0 Å². The molecular weight excluding hydrogens is 469 g/mol. The molecule has 0 spiro atoms. The number of halogens is 7. The quantitative estimate of drug-likeness (QED) is 0.610. The second-order valence-corrected chi connectivity index (χ2v) is 9.97. The second-order valence-electron chi connectivity index (χ2n) is 9.97. The van der Waals surface area contributed by atoms with Crippen molar-refractivity contribution >= 4 is 16.9 Å². The summed E-state index contributed by atoms with van der Waals surface area (Å²) in [6, 6.07) is 1.80. The van der Waals surface area contributed by atoms with E-state index in [0.29, 0.717) is 0 Å². The summed E-state index contributed by atoms with van der Waals surface area (Å²) in [4.78, 5) is 20.8. The van der Waals surface area contributed by atoms with Crippen molar-refractivity contribution in [2.24, 2.45) is 11.7 Å². The van der Waals surface area contributed by atoms with Crippen LogP contribution in [0.15, 0.2) is 12.1 Å². The van der Waals surface area contributed by atoms with Crippen LogP contribution in [0.5, 0.6) is 0 Å². The Balaban J connectivity index is 1.46. The van der Waals surface area contributed by atoms with Crippen molar-refractivity contribution in [1.29, 1.82) is 0 Å². The number of fused-ring (bicyclic) bond motifs is 1. The molecule has 5 rings (SSSR count). The van der Waals surface area contributed by atoms with Crippen LogP contribution in [0.2, 0.25) is 0 Å². The first-order chi connectivity index (χ1) is 15.7. The van der Waals surface area contributed by atoms with Crippen LogP contribution < -0.4 is 5.73 Å². The van der Waals surface area contributed by atoms with E-state index in [1.54, 1.807) is 0 Å². The summed E-state index contributed by atoms with van der Waals surface area (Å²) < 4.78 is 96.9. The number of likely N-dealkylation sites (tertiary alicyclic amines) is 1. The number of carbonyl (C=O) groups excluding carboxylic acids is 1. The Hall–Kier alpha value is -2.37. The van der Waals surface area contributed by atoms with Gasteiger partial charge in [0.1, 0.15) is 11.3 Å². The van der Waals surface area contributed by atoms with Crippen molar-refractivity contribution in [1.82, 2.24) is 14.9 Å². The Kier molecular flexibility index (Phi) is 5.03. The van der Waals surface area contributed by atoms with Crippen LogP contribution in [0.4, 0.5) is 30.7 Å². The van der Waals surface area contributed by atoms with E-state index < -0.39 is 66.9 Å². The lowest BCUT2D eigenvalue weighted by atomic mass is 9.60. The Morgan fingerprint density at radius 2 is 1.65 bits per heavy atom. The molecule has 1 aromatic heterocycles. The van der Waals surface area contributed by atoms with Gasteiger partial charge in [0, 0.05) is 31.2 Å². The van der Waals surface area contributed by atoms with Gasteiger partial charge < -0.3 is 15.6 Å². The third-order valence-electron chi connectivity index (χ3n) is 7.37. The maximum atomic E-state index is 15.6. The van der Waals surface area contributed by atoms with E-state index in [-0.39, 0.29) is 54.0 Å². The van der Waals surface area contributed by atoms with Crippen molar-refractivity contribution in [2.45, 2.75) is 67.7 Å². The van der Waals surface area contributed by atoms with Gasteiger partial charge in [0.2, 0.25) is 11.8 Å². The highest BCUT2D eigenvalue weighted by Crippen LogP contribution is 2.56. The average molecular weight is 492 g/mol.